The molecule has 5 heterocycles. The van der Waals surface area contributed by atoms with E-state index < -0.39 is 29.7 Å². The fourth-order valence-corrected chi connectivity index (χ4v) is 8.40. The van der Waals surface area contributed by atoms with E-state index in [0.717, 1.165) is 91.8 Å². The smallest absolute Gasteiger partial charge is 0.262 e. The van der Waals surface area contributed by atoms with Gasteiger partial charge in [-0.1, -0.05) is 38.1 Å². The SMILES string of the molecule is CC(C)(c1ccc(OCc2ccnc(N3CC4(COC4)C3)n2)cc1)c1ccc(OC2CCC(Nc3ccc4c(c3)C(=O)N(C3C=CC(=O)NC3=O)C4=O)CC2)cc1. The van der Waals surface area contributed by atoms with E-state index in [1.165, 1.54) is 17.2 Å². The molecular formula is C44H44N6O7. The number of aromatic nitrogens is 2. The van der Waals surface area contributed by atoms with E-state index in [4.69, 9.17) is 19.2 Å². The summed E-state index contributed by atoms with van der Waals surface area (Å²) in [7, 11) is 0. The Morgan fingerprint density at radius 3 is 2.21 bits per heavy atom. The van der Waals surface area contributed by atoms with Gasteiger partial charge in [0.1, 0.15) is 24.1 Å². The van der Waals surface area contributed by atoms with Crippen molar-refractivity contribution in [1.29, 1.82) is 0 Å². The number of amides is 4. The Bertz CT molecular complexity index is 2250. The van der Waals surface area contributed by atoms with Crippen molar-refractivity contribution in [3.05, 3.63) is 119 Å². The Morgan fingerprint density at radius 1 is 0.860 bits per heavy atom. The standard InChI is InChI=1S/C44H44N6O7/c1-43(2,27-3-10-32(11-4-27)56-22-31-19-20-45-42(47-31)49-23-44(24-49)25-55-26-44)28-5-12-33(13-6-28)57-34-14-7-29(8-15-34)46-30-9-16-35-36(21-30)41(54)50(40(35)53)37-17-18-38(51)48-39(37)52/h3-6,9-13,16-21,29,34,37,46H,7-8,14-15,22-26H2,1-2H3,(H,48,51,52). The van der Waals surface area contributed by atoms with Crippen molar-refractivity contribution in [2.45, 2.75) is 69.7 Å². The number of imide groups is 2. The molecule has 292 valence electrons. The Labute approximate surface area is 330 Å². The molecule has 0 bridgehead atoms. The molecule has 1 aliphatic carbocycles. The van der Waals surface area contributed by atoms with E-state index in [0.29, 0.717) is 12.0 Å². The number of fused-ring (bicyclic) bond motifs is 1. The number of anilines is 2. The van der Waals surface area contributed by atoms with Crippen molar-refractivity contribution in [3.63, 3.8) is 0 Å². The first-order chi connectivity index (χ1) is 27.5. The minimum absolute atomic E-state index is 0.0861. The maximum atomic E-state index is 13.2. The molecule has 4 aromatic rings. The van der Waals surface area contributed by atoms with E-state index in [1.807, 2.05) is 30.3 Å². The normalized spacial score (nSPS) is 22.5. The number of hydrogen-bond donors (Lipinski definition) is 2. The number of nitrogens with one attached hydrogen (secondary N) is 2. The van der Waals surface area contributed by atoms with Crippen LogP contribution in [-0.4, -0.2) is 83.0 Å². The molecule has 57 heavy (non-hydrogen) atoms. The van der Waals surface area contributed by atoms with Crippen LogP contribution in [0.25, 0.3) is 0 Å². The lowest BCUT2D eigenvalue weighted by Crippen LogP contribution is -2.66. The summed E-state index contributed by atoms with van der Waals surface area (Å²) in [5, 5.41) is 5.67. The number of nitrogens with zero attached hydrogens (tertiary/aromatic N) is 4. The summed E-state index contributed by atoms with van der Waals surface area (Å²) in [6.07, 6.45) is 7.80. The number of carbonyl (C=O) groups excluding carboxylic acids is 4. The van der Waals surface area contributed by atoms with Crippen molar-refractivity contribution in [2.75, 3.05) is 36.5 Å². The number of carbonyl (C=O) groups is 4. The highest BCUT2D eigenvalue weighted by atomic mass is 16.5. The third-order valence-electron chi connectivity index (χ3n) is 11.9. The molecule has 1 aromatic heterocycles. The molecule has 1 saturated carbocycles. The minimum Gasteiger partial charge on any atom is -0.490 e. The summed E-state index contributed by atoms with van der Waals surface area (Å²) < 4.78 is 17.9. The van der Waals surface area contributed by atoms with Gasteiger partial charge in [0.25, 0.3) is 17.7 Å². The average Bonchev–Trinajstić information content (AvgIpc) is 3.42. The number of ether oxygens (including phenoxy) is 3. The molecule has 1 spiro atoms. The molecular weight excluding hydrogens is 725 g/mol. The first-order valence-corrected chi connectivity index (χ1v) is 19.5. The van der Waals surface area contributed by atoms with Crippen molar-refractivity contribution < 1.29 is 33.4 Å². The van der Waals surface area contributed by atoms with Crippen LogP contribution in [0, 0.1) is 5.41 Å². The van der Waals surface area contributed by atoms with Crippen LogP contribution in [0.4, 0.5) is 11.6 Å². The second-order valence-electron chi connectivity index (χ2n) is 16.3. The summed E-state index contributed by atoms with van der Waals surface area (Å²) in [5.41, 5.74) is 4.47. The lowest BCUT2D eigenvalue weighted by atomic mass is 9.78. The van der Waals surface area contributed by atoms with Gasteiger partial charge in [-0.05, 0) is 91.4 Å². The Kier molecular flexibility index (Phi) is 9.27. The zero-order valence-electron chi connectivity index (χ0n) is 31.9. The van der Waals surface area contributed by atoms with Crippen LogP contribution in [0.2, 0.25) is 0 Å². The zero-order valence-corrected chi connectivity index (χ0v) is 31.9. The summed E-state index contributed by atoms with van der Waals surface area (Å²) in [6.45, 7) is 8.34. The second kappa shape index (κ2) is 14.5. The first-order valence-electron chi connectivity index (χ1n) is 19.5. The topological polar surface area (TPSA) is 152 Å². The highest BCUT2D eigenvalue weighted by Crippen LogP contribution is 2.39. The highest BCUT2D eigenvalue weighted by molar-refractivity contribution is 6.24. The molecule has 2 N–H and O–H groups in total. The van der Waals surface area contributed by atoms with Crippen molar-refractivity contribution >= 4 is 35.3 Å². The molecule has 0 radical (unpaired) electrons. The maximum Gasteiger partial charge on any atom is 0.262 e. The molecule has 9 rings (SSSR count). The molecule has 2 saturated heterocycles. The van der Waals surface area contributed by atoms with Crippen LogP contribution in [-0.2, 0) is 26.3 Å². The second-order valence-corrected chi connectivity index (χ2v) is 16.3. The van der Waals surface area contributed by atoms with E-state index in [1.54, 1.807) is 24.4 Å². The quantitative estimate of drug-likeness (QED) is 0.194. The lowest BCUT2D eigenvalue weighted by molar-refractivity contribution is -0.130. The van der Waals surface area contributed by atoms with Crippen LogP contribution in [0.3, 0.4) is 0 Å². The third kappa shape index (κ3) is 7.12. The van der Waals surface area contributed by atoms with Gasteiger partial charge in [-0.2, -0.15) is 0 Å². The van der Waals surface area contributed by atoms with Gasteiger partial charge in [0, 0.05) is 42.5 Å². The molecule has 3 aromatic carbocycles. The fourth-order valence-electron chi connectivity index (χ4n) is 8.40. The average molecular weight is 769 g/mol. The van der Waals surface area contributed by atoms with Gasteiger partial charge in [-0.15, -0.1) is 0 Å². The van der Waals surface area contributed by atoms with E-state index in [-0.39, 0.29) is 28.7 Å². The summed E-state index contributed by atoms with van der Waals surface area (Å²) >= 11 is 0. The first kappa shape index (κ1) is 36.6. The van der Waals surface area contributed by atoms with Crippen LogP contribution in [0.1, 0.15) is 77.1 Å². The molecule has 1 unspecified atom stereocenters. The van der Waals surface area contributed by atoms with Gasteiger partial charge in [-0.25, -0.2) is 9.97 Å². The highest BCUT2D eigenvalue weighted by Gasteiger charge is 2.50. The van der Waals surface area contributed by atoms with Crippen LogP contribution in [0.5, 0.6) is 11.5 Å². The maximum absolute atomic E-state index is 13.2. The molecule has 4 amide bonds. The van der Waals surface area contributed by atoms with Gasteiger partial charge in [-0.3, -0.25) is 29.4 Å². The van der Waals surface area contributed by atoms with Gasteiger partial charge in [0.15, 0.2) is 0 Å². The molecule has 13 heteroatoms. The van der Waals surface area contributed by atoms with Gasteiger partial charge < -0.3 is 24.4 Å². The molecule has 13 nitrogen and oxygen atoms in total. The monoisotopic (exact) mass is 768 g/mol. The molecule has 4 aliphatic heterocycles. The zero-order chi connectivity index (χ0) is 39.3. The molecule has 5 aliphatic rings. The Hall–Kier alpha value is -6.08. The summed E-state index contributed by atoms with van der Waals surface area (Å²) in [5.74, 6) is -0.0198. The number of benzene rings is 3. The van der Waals surface area contributed by atoms with Crippen molar-refractivity contribution in [3.8, 4) is 11.5 Å². The predicted octanol–water partition coefficient (Wildman–Crippen LogP) is 5.20. The van der Waals surface area contributed by atoms with Gasteiger partial charge in [0.2, 0.25) is 11.9 Å². The van der Waals surface area contributed by atoms with Crippen molar-refractivity contribution in [2.24, 2.45) is 5.41 Å². The number of hydrogen-bond acceptors (Lipinski definition) is 11. The van der Waals surface area contributed by atoms with E-state index in [2.05, 4.69) is 58.6 Å². The van der Waals surface area contributed by atoms with E-state index >= 15 is 0 Å². The molecule has 1 atom stereocenters. The third-order valence-corrected chi connectivity index (χ3v) is 11.9. The lowest BCUT2D eigenvalue weighted by Gasteiger charge is -2.54. The summed E-state index contributed by atoms with van der Waals surface area (Å²) in [4.78, 5) is 62.4. The fraction of sp³-hybridized carbons (Fsp3) is 0.364. The van der Waals surface area contributed by atoms with E-state index in [9.17, 15) is 19.2 Å². The Balaban J connectivity index is 0.747. The van der Waals surface area contributed by atoms with Crippen LogP contribution in [0.15, 0.2) is 91.1 Å². The van der Waals surface area contributed by atoms with Crippen LogP contribution >= 0.6 is 0 Å². The van der Waals surface area contributed by atoms with Crippen molar-refractivity contribution in [1.82, 2.24) is 20.2 Å². The number of rotatable bonds is 11. The molecule has 3 fully saturated rings. The minimum atomic E-state index is -1.16. The van der Waals surface area contributed by atoms with Crippen LogP contribution < -0.4 is 25.0 Å². The van der Waals surface area contributed by atoms with Gasteiger partial charge >= 0.3 is 0 Å². The predicted molar refractivity (Wildman–Crippen MR) is 210 cm³/mol. The summed E-state index contributed by atoms with van der Waals surface area (Å²) in [6, 6.07) is 22.6. The largest absolute Gasteiger partial charge is 0.490 e. The van der Waals surface area contributed by atoms with Gasteiger partial charge in [0.05, 0.1) is 41.6 Å². The Morgan fingerprint density at radius 2 is 1.54 bits per heavy atom.